The van der Waals surface area contributed by atoms with Gasteiger partial charge in [0.25, 0.3) is 15.9 Å². The molecular formula is C22H22N6NaO5S. The summed E-state index contributed by atoms with van der Waals surface area (Å²) in [4.78, 5) is 31.8. The van der Waals surface area contributed by atoms with E-state index in [0.717, 1.165) is 5.56 Å². The Kier molecular flexibility index (Phi) is 8.33. The van der Waals surface area contributed by atoms with Gasteiger partial charge in [-0.1, -0.05) is 13.0 Å². The van der Waals surface area contributed by atoms with Gasteiger partial charge < -0.3 is 20.7 Å². The number of hydrogen-bond acceptors (Lipinski definition) is 9. The molecule has 35 heavy (non-hydrogen) atoms. The van der Waals surface area contributed by atoms with Crippen LogP contribution >= 0.6 is 0 Å². The number of amides is 2. The predicted molar refractivity (Wildman–Crippen MR) is 132 cm³/mol. The molecule has 4 N–H and O–H groups in total. The van der Waals surface area contributed by atoms with E-state index in [1.807, 2.05) is 11.6 Å². The van der Waals surface area contributed by atoms with Crippen LogP contribution in [0, 0.1) is 6.92 Å². The molecule has 3 aromatic rings. The maximum absolute atomic E-state index is 12.4. The fourth-order valence-electron chi connectivity index (χ4n) is 3.08. The van der Waals surface area contributed by atoms with E-state index in [1.54, 1.807) is 43.5 Å². The van der Waals surface area contributed by atoms with Gasteiger partial charge in [-0.05, 0) is 43.3 Å². The van der Waals surface area contributed by atoms with E-state index in [4.69, 9.17) is 4.74 Å². The van der Waals surface area contributed by atoms with Crippen LogP contribution in [0.4, 0.5) is 28.8 Å². The first-order valence-corrected chi connectivity index (χ1v) is 11.8. The number of hydrogen-bond donors (Lipinski definition) is 4. The Balaban J connectivity index is 0.00000342. The van der Waals surface area contributed by atoms with Gasteiger partial charge in [-0.3, -0.25) is 9.59 Å². The maximum atomic E-state index is 12.4. The Labute approximate surface area is 224 Å². The summed E-state index contributed by atoms with van der Waals surface area (Å²) in [6.45, 7) is 3.38. The molecule has 177 valence electrons. The normalized spacial score (nSPS) is 12.3. The summed E-state index contributed by atoms with van der Waals surface area (Å²) >= 11 is 0. The van der Waals surface area contributed by atoms with Crippen LogP contribution in [0.15, 0.2) is 53.6 Å². The van der Waals surface area contributed by atoms with Crippen molar-refractivity contribution in [3.05, 3.63) is 54.2 Å². The van der Waals surface area contributed by atoms with Crippen LogP contribution < -0.4 is 25.4 Å². The number of nitrogens with one attached hydrogen (secondary N) is 4. The van der Waals surface area contributed by atoms with Gasteiger partial charge in [-0.2, -0.15) is 4.98 Å². The van der Waals surface area contributed by atoms with Crippen LogP contribution in [0.25, 0.3) is 0 Å². The van der Waals surface area contributed by atoms with Gasteiger partial charge in [-0.15, -0.1) is 0 Å². The van der Waals surface area contributed by atoms with Crippen LogP contribution in [0.5, 0.6) is 5.75 Å². The zero-order valence-electron chi connectivity index (χ0n) is 19.4. The first kappa shape index (κ1) is 26.4. The van der Waals surface area contributed by atoms with Crippen LogP contribution in [0.1, 0.15) is 18.9 Å². The van der Waals surface area contributed by atoms with Gasteiger partial charge in [-0.25, -0.2) is 18.1 Å². The number of carbonyl (C=O) groups excluding carboxylic acids is 2. The van der Waals surface area contributed by atoms with Crippen molar-refractivity contribution in [2.75, 3.05) is 22.6 Å². The molecule has 4 rings (SSSR count). The average molecular weight is 506 g/mol. The second-order valence-electron chi connectivity index (χ2n) is 7.43. The first-order valence-electron chi connectivity index (χ1n) is 10.3. The van der Waals surface area contributed by atoms with Crippen molar-refractivity contribution in [2.45, 2.75) is 25.2 Å². The third-order valence-corrected chi connectivity index (χ3v) is 6.19. The van der Waals surface area contributed by atoms with Crippen molar-refractivity contribution in [2.24, 2.45) is 0 Å². The Morgan fingerprint density at radius 3 is 2.69 bits per heavy atom. The molecular weight excluding hydrogens is 483 g/mol. The molecule has 2 aromatic carbocycles. The van der Waals surface area contributed by atoms with Crippen molar-refractivity contribution in [1.29, 1.82) is 0 Å². The van der Waals surface area contributed by atoms with Crippen LogP contribution in [0.2, 0.25) is 0 Å². The van der Waals surface area contributed by atoms with E-state index in [1.165, 1.54) is 12.1 Å². The SMILES string of the molecule is CCC(=O)NS(=O)(=O)c1cccc(Nc2ncc(C)c(Nc3ccc4c(c3)NC(=O)CO4)n2)c1.[Na]. The number of aromatic nitrogens is 2. The molecule has 2 heterocycles. The molecule has 0 saturated heterocycles. The Bertz CT molecular complexity index is 1380. The molecule has 1 radical (unpaired) electrons. The number of fused-ring (bicyclic) bond motifs is 1. The van der Waals surface area contributed by atoms with Crippen LogP contribution in [-0.2, 0) is 19.6 Å². The second-order valence-corrected chi connectivity index (χ2v) is 9.12. The summed E-state index contributed by atoms with van der Waals surface area (Å²) < 4.78 is 32.2. The number of sulfonamides is 1. The summed E-state index contributed by atoms with van der Waals surface area (Å²) in [5.41, 5.74) is 2.42. The van der Waals surface area contributed by atoms with E-state index in [2.05, 4.69) is 25.9 Å². The van der Waals surface area contributed by atoms with Crippen LogP contribution in [-0.4, -0.2) is 66.4 Å². The van der Waals surface area contributed by atoms with Gasteiger partial charge in [0.05, 0.1) is 10.6 Å². The summed E-state index contributed by atoms with van der Waals surface area (Å²) in [6.07, 6.45) is 1.66. The zero-order chi connectivity index (χ0) is 24.3. The van der Waals surface area contributed by atoms with Crippen molar-refractivity contribution in [3.8, 4) is 5.75 Å². The molecule has 0 fully saturated rings. The van der Waals surface area contributed by atoms with Crippen molar-refractivity contribution in [1.82, 2.24) is 14.7 Å². The Hall–Kier alpha value is -3.19. The minimum Gasteiger partial charge on any atom is -0.482 e. The molecule has 0 saturated carbocycles. The predicted octanol–water partition coefficient (Wildman–Crippen LogP) is 2.44. The van der Waals surface area contributed by atoms with E-state index >= 15 is 0 Å². The average Bonchev–Trinajstić information content (AvgIpc) is 2.81. The van der Waals surface area contributed by atoms with Gasteiger partial charge in [0.15, 0.2) is 6.61 Å². The minimum atomic E-state index is -3.99. The molecule has 1 aromatic heterocycles. The Morgan fingerprint density at radius 2 is 1.91 bits per heavy atom. The monoisotopic (exact) mass is 505 g/mol. The molecule has 2 amide bonds. The molecule has 11 nitrogen and oxygen atoms in total. The number of nitrogens with zero attached hydrogens (tertiary/aromatic N) is 2. The molecule has 0 bridgehead atoms. The van der Waals surface area contributed by atoms with Gasteiger partial charge in [0, 0.05) is 59.1 Å². The number of aryl methyl sites for hydroxylation is 1. The molecule has 0 spiro atoms. The third kappa shape index (κ3) is 6.48. The molecule has 1 aliphatic heterocycles. The van der Waals surface area contributed by atoms with Crippen molar-refractivity contribution in [3.63, 3.8) is 0 Å². The first-order chi connectivity index (χ1) is 16.2. The van der Waals surface area contributed by atoms with Gasteiger partial charge >= 0.3 is 0 Å². The second kappa shape index (κ2) is 11.0. The molecule has 13 heteroatoms. The zero-order valence-corrected chi connectivity index (χ0v) is 22.2. The molecule has 0 unspecified atom stereocenters. The van der Waals surface area contributed by atoms with E-state index in [0.29, 0.717) is 28.6 Å². The van der Waals surface area contributed by atoms with Gasteiger partial charge in [0.2, 0.25) is 11.9 Å². The number of anilines is 5. The van der Waals surface area contributed by atoms with E-state index < -0.39 is 15.9 Å². The fourth-order valence-corrected chi connectivity index (χ4v) is 4.18. The maximum Gasteiger partial charge on any atom is 0.264 e. The summed E-state index contributed by atoms with van der Waals surface area (Å²) in [6, 6.07) is 11.2. The molecule has 0 aliphatic carbocycles. The number of rotatable bonds is 7. The fraction of sp³-hybridized carbons (Fsp3) is 0.182. The topological polar surface area (TPSA) is 151 Å². The van der Waals surface area contributed by atoms with Gasteiger partial charge in [0.1, 0.15) is 11.6 Å². The van der Waals surface area contributed by atoms with Crippen molar-refractivity contribution < 1.29 is 22.7 Å². The standard InChI is InChI=1S/C22H22N6O5S.Na/c1-3-19(29)28-34(31,32)16-6-4-5-14(9-16)25-22-23-11-13(2)21(27-22)24-15-7-8-18-17(10-15)26-20(30)12-33-18;/h4-11H,3,12H2,1-2H3,(H,26,30)(H,28,29)(H2,23,24,25,27);. The third-order valence-electron chi connectivity index (χ3n) is 4.82. The van der Waals surface area contributed by atoms with E-state index in [9.17, 15) is 18.0 Å². The quantitative estimate of drug-likeness (QED) is 0.355. The smallest absolute Gasteiger partial charge is 0.264 e. The van der Waals surface area contributed by atoms with Crippen LogP contribution in [0.3, 0.4) is 0 Å². The van der Waals surface area contributed by atoms with Crippen molar-refractivity contribution >= 4 is 80.2 Å². The summed E-state index contributed by atoms with van der Waals surface area (Å²) in [7, 11) is -3.99. The molecule has 0 atom stereocenters. The molecule has 1 aliphatic rings. The summed E-state index contributed by atoms with van der Waals surface area (Å²) in [5, 5.41) is 8.92. The Morgan fingerprint density at radius 1 is 1.14 bits per heavy atom. The summed E-state index contributed by atoms with van der Waals surface area (Å²) in [5.74, 6) is 0.503. The largest absolute Gasteiger partial charge is 0.482 e. The van der Waals surface area contributed by atoms with E-state index in [-0.39, 0.29) is 59.3 Å². The number of ether oxygens (including phenoxy) is 1. The minimum absolute atomic E-state index is 0. The number of carbonyl (C=O) groups is 2. The number of benzene rings is 2.